The van der Waals surface area contributed by atoms with Crippen LogP contribution in [0.3, 0.4) is 0 Å². The fraction of sp³-hybridized carbons (Fsp3) is 0.364. The quantitative estimate of drug-likeness (QED) is 0.658. The predicted molar refractivity (Wildman–Crippen MR) is 111 cm³/mol. The molecule has 5 heteroatoms. The SMILES string of the molecule is CC(C)CC(NC(=O)C=Cc1ccc(C(=O)NC2CC2)cc1)c1cccs1. The maximum absolute atomic E-state index is 12.3. The number of hydrogen-bond acceptors (Lipinski definition) is 3. The van der Waals surface area contributed by atoms with Crippen LogP contribution in [0.5, 0.6) is 0 Å². The lowest BCUT2D eigenvalue weighted by atomic mass is 10.0. The second kappa shape index (κ2) is 9.00. The normalized spacial score (nSPS) is 15.1. The van der Waals surface area contributed by atoms with Gasteiger partial charge in [-0.15, -0.1) is 11.3 Å². The van der Waals surface area contributed by atoms with Crippen molar-refractivity contribution in [1.82, 2.24) is 10.6 Å². The topological polar surface area (TPSA) is 58.2 Å². The zero-order valence-electron chi connectivity index (χ0n) is 15.8. The smallest absolute Gasteiger partial charge is 0.251 e. The van der Waals surface area contributed by atoms with Gasteiger partial charge in [0.05, 0.1) is 6.04 Å². The maximum Gasteiger partial charge on any atom is 0.251 e. The van der Waals surface area contributed by atoms with Gasteiger partial charge in [-0.2, -0.15) is 0 Å². The molecule has 142 valence electrons. The van der Waals surface area contributed by atoms with Crippen molar-refractivity contribution in [1.29, 1.82) is 0 Å². The van der Waals surface area contributed by atoms with Crippen molar-refractivity contribution in [2.24, 2.45) is 5.92 Å². The molecule has 0 spiro atoms. The maximum atomic E-state index is 12.3. The lowest BCUT2D eigenvalue weighted by Gasteiger charge is -2.18. The Morgan fingerprint density at radius 3 is 2.52 bits per heavy atom. The Morgan fingerprint density at radius 2 is 1.93 bits per heavy atom. The van der Waals surface area contributed by atoms with Crippen LogP contribution < -0.4 is 10.6 Å². The predicted octanol–water partition coefficient (Wildman–Crippen LogP) is 4.56. The summed E-state index contributed by atoms with van der Waals surface area (Å²) in [6.07, 6.45) is 6.39. The van der Waals surface area contributed by atoms with E-state index in [1.807, 2.05) is 23.6 Å². The Kier molecular flexibility index (Phi) is 6.45. The summed E-state index contributed by atoms with van der Waals surface area (Å²) in [7, 11) is 0. The van der Waals surface area contributed by atoms with Crippen molar-refractivity contribution in [3.63, 3.8) is 0 Å². The highest BCUT2D eigenvalue weighted by Gasteiger charge is 2.23. The number of nitrogens with one attached hydrogen (secondary N) is 2. The summed E-state index contributed by atoms with van der Waals surface area (Å²) in [6.45, 7) is 4.31. The summed E-state index contributed by atoms with van der Waals surface area (Å²) in [4.78, 5) is 25.5. The van der Waals surface area contributed by atoms with Crippen LogP contribution in [0.1, 0.15) is 60.0 Å². The highest BCUT2D eigenvalue weighted by molar-refractivity contribution is 7.10. The summed E-state index contributed by atoms with van der Waals surface area (Å²) in [5.41, 5.74) is 1.54. The van der Waals surface area contributed by atoms with Crippen LogP contribution in [0.25, 0.3) is 6.08 Å². The molecule has 1 atom stereocenters. The van der Waals surface area contributed by atoms with Crippen LogP contribution >= 0.6 is 11.3 Å². The average molecular weight is 383 g/mol. The highest BCUT2D eigenvalue weighted by Crippen LogP contribution is 2.25. The molecule has 2 N–H and O–H groups in total. The van der Waals surface area contributed by atoms with Gasteiger partial charge in [-0.3, -0.25) is 9.59 Å². The summed E-state index contributed by atoms with van der Waals surface area (Å²) in [5.74, 6) is 0.360. The van der Waals surface area contributed by atoms with Gasteiger partial charge in [0.25, 0.3) is 5.91 Å². The van der Waals surface area contributed by atoms with Gasteiger partial charge < -0.3 is 10.6 Å². The number of carbonyl (C=O) groups is 2. The third-order valence-corrected chi connectivity index (χ3v) is 5.41. The van der Waals surface area contributed by atoms with Crippen molar-refractivity contribution < 1.29 is 9.59 Å². The van der Waals surface area contributed by atoms with Crippen LogP contribution in [0, 0.1) is 5.92 Å². The van der Waals surface area contributed by atoms with Gasteiger partial charge in [0.2, 0.25) is 5.91 Å². The highest BCUT2D eigenvalue weighted by atomic mass is 32.1. The Labute approximate surface area is 164 Å². The van der Waals surface area contributed by atoms with Gasteiger partial charge >= 0.3 is 0 Å². The molecule has 1 fully saturated rings. The summed E-state index contributed by atoms with van der Waals surface area (Å²) >= 11 is 1.67. The van der Waals surface area contributed by atoms with Gasteiger partial charge in [-0.05, 0) is 60.4 Å². The molecule has 1 heterocycles. The standard InChI is InChI=1S/C22H26N2O2S/c1-15(2)14-19(20-4-3-13-27-20)24-21(25)12-7-16-5-8-17(9-6-16)22(26)23-18-10-11-18/h3-9,12-13,15,18-19H,10-11,14H2,1-2H3,(H,23,26)(H,24,25). The number of benzene rings is 1. The first kappa shape index (κ1) is 19.4. The van der Waals surface area contributed by atoms with Gasteiger partial charge in [-0.1, -0.05) is 32.0 Å². The fourth-order valence-electron chi connectivity index (χ4n) is 2.84. The summed E-state index contributed by atoms with van der Waals surface area (Å²) in [5, 5.41) is 8.10. The van der Waals surface area contributed by atoms with Crippen LogP contribution in [0.4, 0.5) is 0 Å². The molecular weight excluding hydrogens is 356 g/mol. The van der Waals surface area contributed by atoms with Crippen molar-refractivity contribution in [2.45, 2.75) is 45.2 Å². The molecule has 2 amide bonds. The molecule has 1 aliphatic rings. The molecule has 1 aliphatic carbocycles. The van der Waals surface area contributed by atoms with E-state index in [1.165, 1.54) is 4.88 Å². The lowest BCUT2D eigenvalue weighted by Crippen LogP contribution is -2.27. The molecule has 0 saturated heterocycles. The molecular formula is C22H26N2O2S. The molecule has 1 aromatic carbocycles. The Balaban J connectivity index is 1.57. The zero-order valence-corrected chi connectivity index (χ0v) is 16.6. The van der Waals surface area contributed by atoms with Crippen LogP contribution in [0.15, 0.2) is 47.9 Å². The Morgan fingerprint density at radius 1 is 1.19 bits per heavy atom. The van der Waals surface area contributed by atoms with E-state index < -0.39 is 0 Å². The molecule has 2 aromatic rings. The van der Waals surface area contributed by atoms with Crippen molar-refractivity contribution in [3.8, 4) is 0 Å². The van der Waals surface area contributed by atoms with E-state index in [4.69, 9.17) is 0 Å². The van der Waals surface area contributed by atoms with Gasteiger partial charge in [0.15, 0.2) is 0 Å². The van der Waals surface area contributed by atoms with Crippen molar-refractivity contribution in [2.75, 3.05) is 0 Å². The lowest BCUT2D eigenvalue weighted by molar-refractivity contribution is -0.117. The molecule has 0 aliphatic heterocycles. The summed E-state index contributed by atoms with van der Waals surface area (Å²) in [6, 6.07) is 11.8. The van der Waals surface area contributed by atoms with Gasteiger partial charge in [0, 0.05) is 22.6 Å². The van der Waals surface area contributed by atoms with E-state index in [0.717, 1.165) is 24.8 Å². The first-order chi connectivity index (χ1) is 13.0. The number of rotatable bonds is 8. The molecule has 0 radical (unpaired) electrons. The third kappa shape index (κ3) is 6.07. The van der Waals surface area contributed by atoms with E-state index in [1.54, 1.807) is 35.6 Å². The first-order valence-corrected chi connectivity index (χ1v) is 10.3. The van der Waals surface area contributed by atoms with Gasteiger partial charge in [-0.25, -0.2) is 0 Å². The van der Waals surface area contributed by atoms with Crippen molar-refractivity contribution in [3.05, 3.63) is 63.9 Å². The minimum atomic E-state index is -0.107. The fourth-order valence-corrected chi connectivity index (χ4v) is 3.63. The van der Waals surface area contributed by atoms with Crippen LogP contribution in [0.2, 0.25) is 0 Å². The Hall–Kier alpha value is -2.40. The molecule has 4 nitrogen and oxygen atoms in total. The third-order valence-electron chi connectivity index (χ3n) is 4.42. The molecule has 3 rings (SSSR count). The molecule has 1 unspecified atom stereocenters. The van der Waals surface area contributed by atoms with E-state index in [-0.39, 0.29) is 17.9 Å². The van der Waals surface area contributed by atoms with E-state index in [2.05, 4.69) is 30.5 Å². The second-order valence-electron chi connectivity index (χ2n) is 7.41. The van der Waals surface area contributed by atoms with E-state index in [9.17, 15) is 9.59 Å². The van der Waals surface area contributed by atoms with Crippen LogP contribution in [-0.4, -0.2) is 17.9 Å². The van der Waals surface area contributed by atoms with Gasteiger partial charge in [0.1, 0.15) is 0 Å². The second-order valence-corrected chi connectivity index (χ2v) is 8.39. The number of carbonyl (C=O) groups excluding carboxylic acids is 2. The monoisotopic (exact) mass is 382 g/mol. The molecule has 27 heavy (non-hydrogen) atoms. The minimum Gasteiger partial charge on any atom is -0.349 e. The summed E-state index contributed by atoms with van der Waals surface area (Å²) < 4.78 is 0. The zero-order chi connectivity index (χ0) is 19.2. The number of thiophene rings is 1. The molecule has 1 aromatic heterocycles. The van der Waals surface area contributed by atoms with E-state index in [0.29, 0.717) is 17.5 Å². The minimum absolute atomic E-state index is 0.0294. The largest absolute Gasteiger partial charge is 0.349 e. The van der Waals surface area contributed by atoms with Crippen molar-refractivity contribution >= 4 is 29.2 Å². The Bertz CT molecular complexity index is 790. The van der Waals surface area contributed by atoms with E-state index >= 15 is 0 Å². The number of hydrogen-bond donors (Lipinski definition) is 2. The average Bonchev–Trinajstić information content (AvgIpc) is 3.28. The molecule has 0 bridgehead atoms. The number of amides is 2. The molecule has 1 saturated carbocycles. The van der Waals surface area contributed by atoms with Crippen LogP contribution in [-0.2, 0) is 4.79 Å². The first-order valence-electron chi connectivity index (χ1n) is 9.44.